The summed E-state index contributed by atoms with van der Waals surface area (Å²) in [6, 6.07) is 7.36. The number of hydrogen-bond acceptors (Lipinski definition) is 4. The second kappa shape index (κ2) is 9.66. The average Bonchev–Trinajstić information content (AvgIpc) is 2.51. The first-order valence-electron chi connectivity index (χ1n) is 8.26. The van der Waals surface area contributed by atoms with E-state index in [1.54, 1.807) is 26.8 Å². The SMILES string of the molecule is Cc1ccccc1C(=O)NCCCNC(=O)CNC(=O)OC(C)(C)C. The van der Waals surface area contributed by atoms with Crippen LogP contribution in [0.1, 0.15) is 43.1 Å². The van der Waals surface area contributed by atoms with Crippen LogP contribution in [0.4, 0.5) is 4.79 Å². The van der Waals surface area contributed by atoms with Gasteiger partial charge in [-0.2, -0.15) is 0 Å². The lowest BCUT2D eigenvalue weighted by Gasteiger charge is -2.19. The second-order valence-electron chi connectivity index (χ2n) is 6.63. The fourth-order valence-corrected chi connectivity index (χ4v) is 1.97. The van der Waals surface area contributed by atoms with Crippen molar-refractivity contribution in [1.29, 1.82) is 0 Å². The fourth-order valence-electron chi connectivity index (χ4n) is 1.97. The lowest BCUT2D eigenvalue weighted by atomic mass is 10.1. The van der Waals surface area contributed by atoms with E-state index in [0.717, 1.165) is 5.56 Å². The number of carbonyl (C=O) groups excluding carboxylic acids is 3. The first-order valence-corrected chi connectivity index (χ1v) is 8.26. The third-order valence-corrected chi connectivity index (χ3v) is 3.14. The van der Waals surface area contributed by atoms with Crippen LogP contribution >= 0.6 is 0 Å². The maximum Gasteiger partial charge on any atom is 0.408 e. The lowest BCUT2D eigenvalue weighted by Crippen LogP contribution is -2.40. The Balaban J connectivity index is 2.15. The molecule has 25 heavy (non-hydrogen) atoms. The molecule has 3 N–H and O–H groups in total. The molecule has 0 bridgehead atoms. The molecular formula is C18H27N3O4. The molecule has 0 saturated carbocycles. The number of benzene rings is 1. The average molecular weight is 349 g/mol. The van der Waals surface area contributed by atoms with Gasteiger partial charge in [-0.15, -0.1) is 0 Å². The third-order valence-electron chi connectivity index (χ3n) is 3.14. The topological polar surface area (TPSA) is 96.5 Å². The minimum absolute atomic E-state index is 0.129. The molecule has 0 radical (unpaired) electrons. The maximum atomic E-state index is 12.0. The molecule has 0 aliphatic heterocycles. The van der Waals surface area contributed by atoms with E-state index >= 15 is 0 Å². The highest BCUT2D eigenvalue weighted by molar-refractivity contribution is 5.95. The van der Waals surface area contributed by atoms with Gasteiger partial charge in [-0.1, -0.05) is 18.2 Å². The van der Waals surface area contributed by atoms with Crippen LogP contribution < -0.4 is 16.0 Å². The van der Waals surface area contributed by atoms with E-state index in [4.69, 9.17) is 4.74 Å². The Morgan fingerprint density at radius 3 is 2.28 bits per heavy atom. The highest BCUT2D eigenvalue weighted by atomic mass is 16.6. The highest BCUT2D eigenvalue weighted by Gasteiger charge is 2.16. The number of carbonyl (C=O) groups is 3. The molecule has 0 saturated heterocycles. The maximum absolute atomic E-state index is 12.0. The molecule has 0 aliphatic rings. The third kappa shape index (κ3) is 8.74. The predicted octanol–water partition coefficient (Wildman–Crippen LogP) is 1.76. The van der Waals surface area contributed by atoms with E-state index in [0.29, 0.717) is 25.1 Å². The van der Waals surface area contributed by atoms with Gasteiger partial charge in [0.25, 0.3) is 5.91 Å². The van der Waals surface area contributed by atoms with Crippen molar-refractivity contribution in [2.24, 2.45) is 0 Å². The quantitative estimate of drug-likeness (QED) is 0.654. The molecule has 0 atom stereocenters. The number of nitrogens with one attached hydrogen (secondary N) is 3. The van der Waals surface area contributed by atoms with Crippen LogP contribution in [0.25, 0.3) is 0 Å². The first kappa shape index (κ1) is 20.5. The van der Waals surface area contributed by atoms with Crippen molar-refractivity contribution < 1.29 is 19.1 Å². The summed E-state index contributed by atoms with van der Waals surface area (Å²) in [5.74, 6) is -0.438. The van der Waals surface area contributed by atoms with Gasteiger partial charge in [0.2, 0.25) is 5.91 Å². The Kier molecular flexibility index (Phi) is 7.91. The zero-order chi connectivity index (χ0) is 18.9. The van der Waals surface area contributed by atoms with Gasteiger partial charge in [0.1, 0.15) is 5.60 Å². The molecule has 1 aromatic rings. The Morgan fingerprint density at radius 2 is 1.64 bits per heavy atom. The van der Waals surface area contributed by atoms with Crippen molar-refractivity contribution in [2.45, 2.75) is 39.7 Å². The fraction of sp³-hybridized carbons (Fsp3) is 0.500. The molecule has 0 aromatic heterocycles. The molecule has 0 unspecified atom stereocenters. The van der Waals surface area contributed by atoms with Crippen molar-refractivity contribution in [3.05, 3.63) is 35.4 Å². The van der Waals surface area contributed by atoms with Crippen LogP contribution in [0.2, 0.25) is 0 Å². The number of alkyl carbamates (subject to hydrolysis) is 1. The van der Waals surface area contributed by atoms with Gasteiger partial charge in [0.15, 0.2) is 0 Å². The zero-order valence-corrected chi connectivity index (χ0v) is 15.3. The number of hydrogen-bond donors (Lipinski definition) is 3. The van der Waals surface area contributed by atoms with E-state index in [-0.39, 0.29) is 18.4 Å². The molecule has 0 aliphatic carbocycles. The monoisotopic (exact) mass is 349 g/mol. The second-order valence-corrected chi connectivity index (χ2v) is 6.63. The summed E-state index contributed by atoms with van der Waals surface area (Å²) in [6.45, 7) is 7.83. The molecule has 0 spiro atoms. The molecule has 7 nitrogen and oxygen atoms in total. The summed E-state index contributed by atoms with van der Waals surface area (Å²) >= 11 is 0. The van der Waals surface area contributed by atoms with Gasteiger partial charge in [0.05, 0.1) is 6.54 Å². The summed E-state index contributed by atoms with van der Waals surface area (Å²) in [5.41, 5.74) is 0.963. The summed E-state index contributed by atoms with van der Waals surface area (Å²) < 4.78 is 5.03. The van der Waals surface area contributed by atoms with Crippen LogP contribution in [0.5, 0.6) is 0 Å². The van der Waals surface area contributed by atoms with Gasteiger partial charge in [-0.05, 0) is 45.7 Å². The summed E-state index contributed by atoms with van der Waals surface area (Å²) in [4.78, 5) is 35.0. The largest absolute Gasteiger partial charge is 0.444 e. The molecule has 0 fully saturated rings. The lowest BCUT2D eigenvalue weighted by molar-refractivity contribution is -0.120. The van der Waals surface area contributed by atoms with Crippen molar-refractivity contribution in [1.82, 2.24) is 16.0 Å². The van der Waals surface area contributed by atoms with Gasteiger partial charge in [-0.25, -0.2) is 4.79 Å². The molecule has 1 rings (SSSR count). The molecule has 7 heteroatoms. The number of rotatable bonds is 7. The van der Waals surface area contributed by atoms with E-state index in [1.165, 1.54) is 0 Å². The highest BCUT2D eigenvalue weighted by Crippen LogP contribution is 2.06. The van der Waals surface area contributed by atoms with Crippen LogP contribution in [0, 0.1) is 6.92 Å². The van der Waals surface area contributed by atoms with Crippen molar-refractivity contribution in [2.75, 3.05) is 19.6 Å². The predicted molar refractivity (Wildman–Crippen MR) is 95.4 cm³/mol. The van der Waals surface area contributed by atoms with Crippen molar-refractivity contribution >= 4 is 17.9 Å². The normalized spacial score (nSPS) is 10.7. The zero-order valence-electron chi connectivity index (χ0n) is 15.3. The summed E-state index contributed by atoms with van der Waals surface area (Å²) in [5, 5.41) is 7.86. The van der Waals surface area contributed by atoms with E-state index in [1.807, 2.05) is 25.1 Å². The van der Waals surface area contributed by atoms with Crippen LogP contribution in [-0.2, 0) is 9.53 Å². The molecular weight excluding hydrogens is 322 g/mol. The van der Waals surface area contributed by atoms with Crippen molar-refractivity contribution in [3.8, 4) is 0 Å². The van der Waals surface area contributed by atoms with Crippen molar-refractivity contribution in [3.63, 3.8) is 0 Å². The number of aryl methyl sites for hydroxylation is 1. The van der Waals surface area contributed by atoms with E-state index < -0.39 is 11.7 Å². The molecule has 3 amide bonds. The number of amides is 3. The van der Waals surface area contributed by atoms with Gasteiger partial charge in [0, 0.05) is 18.7 Å². The molecule has 138 valence electrons. The van der Waals surface area contributed by atoms with Crippen LogP contribution in [-0.4, -0.2) is 43.1 Å². The smallest absolute Gasteiger partial charge is 0.408 e. The Hall–Kier alpha value is -2.57. The first-order chi connectivity index (χ1) is 11.7. The molecule has 1 aromatic carbocycles. The van der Waals surface area contributed by atoms with Gasteiger partial charge in [-0.3, -0.25) is 9.59 Å². The summed E-state index contributed by atoms with van der Waals surface area (Å²) in [6.07, 6.45) is -0.0383. The van der Waals surface area contributed by atoms with Crippen LogP contribution in [0.3, 0.4) is 0 Å². The summed E-state index contributed by atoms with van der Waals surface area (Å²) in [7, 11) is 0. The molecule has 0 heterocycles. The number of ether oxygens (including phenoxy) is 1. The van der Waals surface area contributed by atoms with Crippen LogP contribution in [0.15, 0.2) is 24.3 Å². The van der Waals surface area contributed by atoms with E-state index in [9.17, 15) is 14.4 Å². The Labute approximate surface area is 148 Å². The standard InChI is InChI=1S/C18H27N3O4/c1-13-8-5-6-9-14(13)16(23)20-11-7-10-19-15(22)12-21-17(24)25-18(2,3)4/h5-6,8-9H,7,10-12H2,1-4H3,(H,19,22)(H,20,23)(H,21,24). The van der Waals surface area contributed by atoms with E-state index in [2.05, 4.69) is 16.0 Å². The van der Waals surface area contributed by atoms with Gasteiger partial charge >= 0.3 is 6.09 Å². The minimum Gasteiger partial charge on any atom is -0.444 e. The Morgan fingerprint density at radius 1 is 1.00 bits per heavy atom. The van der Waals surface area contributed by atoms with Gasteiger partial charge < -0.3 is 20.7 Å². The minimum atomic E-state index is -0.631. The Bertz CT molecular complexity index is 609.